The highest BCUT2D eigenvalue weighted by atomic mass is 31.2. The zero-order valence-corrected chi connectivity index (χ0v) is 48.4. The second kappa shape index (κ2) is 54.0. The Morgan fingerprint density at radius 3 is 1.15 bits per heavy atom. The van der Waals surface area contributed by atoms with Gasteiger partial charge >= 0.3 is 19.8 Å². The lowest BCUT2D eigenvalue weighted by atomic mass is 10.1. The lowest BCUT2D eigenvalue weighted by Gasteiger charge is -2.24. The van der Waals surface area contributed by atoms with E-state index in [9.17, 15) is 19.0 Å². The minimum atomic E-state index is -4.40. The highest BCUT2D eigenvalue weighted by molar-refractivity contribution is 7.47. The van der Waals surface area contributed by atoms with E-state index in [0.29, 0.717) is 17.4 Å². The molecule has 0 aromatic rings. The Hall–Kier alpha value is -3.85. The van der Waals surface area contributed by atoms with Crippen molar-refractivity contribution in [2.75, 3.05) is 47.5 Å². The van der Waals surface area contributed by atoms with Gasteiger partial charge in [-0.25, -0.2) is 4.57 Å². The smallest absolute Gasteiger partial charge is 0.462 e. The molecule has 2 atom stereocenters. The van der Waals surface area contributed by atoms with Gasteiger partial charge in [-0.2, -0.15) is 0 Å². The van der Waals surface area contributed by atoms with Gasteiger partial charge in [-0.05, 0) is 116 Å². The highest BCUT2D eigenvalue weighted by Crippen LogP contribution is 2.43. The normalized spacial score (nSPS) is 14.3. The summed E-state index contributed by atoms with van der Waals surface area (Å²) >= 11 is 0. The van der Waals surface area contributed by atoms with Crippen LogP contribution < -0.4 is 0 Å². The molecule has 0 aromatic carbocycles. The van der Waals surface area contributed by atoms with E-state index in [4.69, 9.17) is 18.5 Å². The molecule has 0 rings (SSSR count). The molecule has 0 fully saturated rings. The van der Waals surface area contributed by atoms with Gasteiger partial charge in [0.2, 0.25) is 0 Å². The van der Waals surface area contributed by atoms with Gasteiger partial charge in [-0.3, -0.25) is 18.6 Å². The van der Waals surface area contributed by atoms with Crippen molar-refractivity contribution in [1.82, 2.24) is 0 Å². The maximum Gasteiger partial charge on any atom is 0.472 e. The molecule has 0 radical (unpaired) electrons. The fourth-order valence-electron chi connectivity index (χ4n) is 7.21. The second-order valence-corrected chi connectivity index (χ2v) is 21.4. The van der Waals surface area contributed by atoms with Crippen molar-refractivity contribution in [3.63, 3.8) is 0 Å². The Labute approximate surface area is 453 Å². The van der Waals surface area contributed by atoms with Crippen LogP contribution in [-0.4, -0.2) is 74.9 Å². The van der Waals surface area contributed by atoms with Gasteiger partial charge in [0.25, 0.3) is 0 Å². The number of phosphoric ester groups is 1. The van der Waals surface area contributed by atoms with Gasteiger partial charge in [0.05, 0.1) is 27.7 Å². The molecule has 0 aliphatic carbocycles. The molecular formula is C64H107NO8P+. The van der Waals surface area contributed by atoms with Crippen LogP contribution in [0.25, 0.3) is 0 Å². The molecule has 0 saturated carbocycles. The lowest BCUT2D eigenvalue weighted by Crippen LogP contribution is -2.37. The number of esters is 2. The summed E-state index contributed by atoms with van der Waals surface area (Å²) in [6, 6.07) is 0. The number of likely N-dealkylation sites (N-methyl/N-ethyl adjacent to an activating group) is 1. The SMILES string of the molecule is CC/C=C\C/C=C\C/C=C\C/C=C\C/C=C\C/C=C\C/C=C\C/C=C\C/C=C\CCCCCCCC(=O)OC(COC(=O)CCCCCCCCC/C=C\C/C=C\CCCCC)COP(=O)(O)OCC[N+](C)(C)C. The molecule has 0 aliphatic rings. The number of unbranched alkanes of at least 4 members (excludes halogenated alkanes) is 15. The third-order valence-electron chi connectivity index (χ3n) is 11.7. The molecule has 0 aromatic heterocycles. The minimum absolute atomic E-state index is 0.0187. The summed E-state index contributed by atoms with van der Waals surface area (Å²) in [7, 11) is 1.44. The van der Waals surface area contributed by atoms with Gasteiger partial charge < -0.3 is 18.9 Å². The average Bonchev–Trinajstić information content (AvgIpc) is 3.36. The number of phosphoric acid groups is 1. The first kappa shape index (κ1) is 70.1. The van der Waals surface area contributed by atoms with Gasteiger partial charge in [0.1, 0.15) is 19.8 Å². The highest BCUT2D eigenvalue weighted by Gasteiger charge is 2.27. The van der Waals surface area contributed by atoms with E-state index in [1.807, 2.05) is 21.1 Å². The van der Waals surface area contributed by atoms with Crippen molar-refractivity contribution in [2.45, 2.75) is 213 Å². The van der Waals surface area contributed by atoms with E-state index in [1.54, 1.807) is 0 Å². The molecule has 10 heteroatoms. The predicted octanol–water partition coefficient (Wildman–Crippen LogP) is 18.1. The Balaban J connectivity index is 4.26. The van der Waals surface area contributed by atoms with E-state index >= 15 is 0 Å². The standard InChI is InChI=1S/C64H106NO8P/c1-6-8-10-12-14-16-18-20-22-24-25-26-27-28-29-30-31-32-33-34-35-36-37-38-39-41-43-45-47-49-51-53-55-57-64(67)73-62(61-72-74(68,69)71-59-58-65(3,4)5)60-70-63(66)56-54-52-50-48-46-44-42-40-23-21-19-17-15-13-11-9-7-2/h8,10,14-17,20-23,25-26,28-29,31-32,34-35,37-38,41,43,62H,6-7,9,11-13,18-19,24,27,30,33,36,39-40,42,44-61H2,1-5H3/p+1/b10-8-,16-14-,17-15-,22-20-,23-21-,26-25-,29-28-,32-31-,35-34-,38-37-,43-41-. The maximum absolute atomic E-state index is 12.8. The molecule has 74 heavy (non-hydrogen) atoms. The molecule has 9 nitrogen and oxygen atoms in total. The summed E-state index contributed by atoms with van der Waals surface area (Å²) in [6.45, 7) is 4.24. The molecule has 1 N–H and O–H groups in total. The van der Waals surface area contributed by atoms with Crippen LogP contribution in [0.5, 0.6) is 0 Å². The summed E-state index contributed by atoms with van der Waals surface area (Å²) in [5.74, 6) is -0.839. The summed E-state index contributed by atoms with van der Waals surface area (Å²) in [5, 5.41) is 0. The van der Waals surface area contributed by atoms with Gasteiger partial charge in [0, 0.05) is 12.8 Å². The van der Waals surface area contributed by atoms with Crippen LogP contribution in [0, 0.1) is 0 Å². The van der Waals surface area contributed by atoms with Gasteiger partial charge in [-0.1, -0.05) is 212 Å². The summed E-state index contributed by atoms with van der Waals surface area (Å²) in [4.78, 5) is 35.7. The molecule has 0 bridgehead atoms. The topological polar surface area (TPSA) is 108 Å². The van der Waals surface area contributed by atoms with E-state index in [1.165, 1.54) is 44.9 Å². The number of carbonyl (C=O) groups excluding carboxylic acids is 2. The number of allylic oxidation sites excluding steroid dienone is 22. The number of hydrogen-bond donors (Lipinski definition) is 1. The van der Waals surface area contributed by atoms with Crippen LogP contribution in [0.1, 0.15) is 206 Å². The van der Waals surface area contributed by atoms with Crippen molar-refractivity contribution in [3.05, 3.63) is 134 Å². The molecule has 0 spiro atoms. The minimum Gasteiger partial charge on any atom is -0.462 e. The van der Waals surface area contributed by atoms with Crippen molar-refractivity contribution in [2.24, 2.45) is 0 Å². The predicted molar refractivity (Wildman–Crippen MR) is 316 cm³/mol. The van der Waals surface area contributed by atoms with Crippen molar-refractivity contribution in [3.8, 4) is 0 Å². The van der Waals surface area contributed by atoms with E-state index in [2.05, 4.69) is 148 Å². The Morgan fingerprint density at radius 1 is 0.432 bits per heavy atom. The van der Waals surface area contributed by atoms with Crippen molar-refractivity contribution >= 4 is 19.8 Å². The second-order valence-electron chi connectivity index (χ2n) is 19.9. The lowest BCUT2D eigenvalue weighted by molar-refractivity contribution is -0.870. The van der Waals surface area contributed by atoms with Crippen LogP contribution in [0.15, 0.2) is 134 Å². The molecule has 0 aliphatic heterocycles. The third kappa shape index (κ3) is 57.4. The van der Waals surface area contributed by atoms with Crippen molar-refractivity contribution < 1.29 is 42.1 Å². The molecule has 420 valence electrons. The summed E-state index contributed by atoms with van der Waals surface area (Å²) in [6.07, 6.45) is 78.0. The third-order valence-corrected chi connectivity index (χ3v) is 12.6. The van der Waals surface area contributed by atoms with Crippen LogP contribution in [0.3, 0.4) is 0 Å². The number of quaternary nitrogens is 1. The number of hydrogen-bond acceptors (Lipinski definition) is 7. The van der Waals surface area contributed by atoms with E-state index < -0.39 is 26.5 Å². The monoisotopic (exact) mass is 1050 g/mol. The average molecular weight is 1050 g/mol. The number of nitrogens with zero attached hydrogens (tertiary/aromatic N) is 1. The zero-order chi connectivity index (χ0) is 54.2. The first-order valence-corrected chi connectivity index (χ1v) is 30.4. The zero-order valence-electron chi connectivity index (χ0n) is 47.5. The van der Waals surface area contributed by atoms with Gasteiger partial charge in [-0.15, -0.1) is 0 Å². The number of ether oxygens (including phenoxy) is 2. The molecule has 2 unspecified atom stereocenters. The van der Waals surface area contributed by atoms with Gasteiger partial charge in [0.15, 0.2) is 6.10 Å². The number of rotatable bonds is 51. The first-order valence-electron chi connectivity index (χ1n) is 28.9. The summed E-state index contributed by atoms with van der Waals surface area (Å²) in [5.41, 5.74) is 0. The Bertz CT molecular complexity index is 1710. The molecule has 0 amide bonds. The quantitative estimate of drug-likeness (QED) is 0.0211. The molecular weight excluding hydrogens is 942 g/mol. The number of carbonyl (C=O) groups is 2. The Kier molecular flexibility index (Phi) is 51.2. The van der Waals surface area contributed by atoms with Crippen LogP contribution in [-0.2, 0) is 32.7 Å². The fourth-order valence-corrected chi connectivity index (χ4v) is 7.95. The van der Waals surface area contributed by atoms with E-state index in [-0.39, 0.29) is 32.0 Å². The van der Waals surface area contributed by atoms with Crippen LogP contribution in [0.4, 0.5) is 0 Å². The van der Waals surface area contributed by atoms with Crippen LogP contribution in [0.2, 0.25) is 0 Å². The first-order chi connectivity index (χ1) is 36.0. The van der Waals surface area contributed by atoms with Crippen LogP contribution >= 0.6 is 7.82 Å². The largest absolute Gasteiger partial charge is 0.472 e. The molecule has 0 heterocycles. The molecule has 0 saturated heterocycles. The fraction of sp³-hybridized carbons (Fsp3) is 0.625. The van der Waals surface area contributed by atoms with Crippen molar-refractivity contribution in [1.29, 1.82) is 0 Å². The van der Waals surface area contributed by atoms with E-state index in [0.717, 1.165) is 128 Å². The maximum atomic E-state index is 12.8. The Morgan fingerprint density at radius 2 is 0.770 bits per heavy atom. The summed E-state index contributed by atoms with van der Waals surface area (Å²) < 4.78 is 34.5.